The van der Waals surface area contributed by atoms with Gasteiger partial charge in [0.05, 0.1) is 35.0 Å². The summed E-state index contributed by atoms with van der Waals surface area (Å²) < 4.78 is 0. The van der Waals surface area contributed by atoms with Crippen LogP contribution in [-0.2, 0) is 4.79 Å². The Labute approximate surface area is 166 Å². The van der Waals surface area contributed by atoms with Crippen LogP contribution in [0.1, 0.15) is 12.8 Å². The van der Waals surface area contributed by atoms with Crippen LogP contribution in [0.2, 0.25) is 5.02 Å². The van der Waals surface area contributed by atoms with Crippen LogP contribution in [-0.4, -0.2) is 44.0 Å². The van der Waals surface area contributed by atoms with Gasteiger partial charge in [-0.15, -0.1) is 4.80 Å². The van der Waals surface area contributed by atoms with Gasteiger partial charge in [-0.2, -0.15) is 10.2 Å². The molecule has 4 rings (SSSR count). The highest BCUT2D eigenvalue weighted by molar-refractivity contribution is 6.32. The number of nitrogens with zero attached hydrogens (tertiary/aromatic N) is 6. The molecule has 0 aromatic carbocycles. The van der Waals surface area contributed by atoms with Gasteiger partial charge < -0.3 is 16.0 Å². The zero-order valence-electron chi connectivity index (χ0n) is 15.0. The average Bonchev–Trinajstić information content (AvgIpc) is 3.23. The molecule has 0 radical (unpaired) electrons. The quantitative estimate of drug-likeness (QED) is 0.691. The fourth-order valence-corrected chi connectivity index (χ4v) is 3.48. The van der Waals surface area contributed by atoms with Crippen molar-refractivity contribution in [3.05, 3.63) is 48.0 Å². The summed E-state index contributed by atoms with van der Waals surface area (Å²) in [5, 5.41) is 11.3. The molecule has 1 amide bonds. The van der Waals surface area contributed by atoms with E-state index < -0.39 is 0 Å². The second-order valence-electron chi connectivity index (χ2n) is 6.51. The van der Waals surface area contributed by atoms with E-state index >= 15 is 0 Å². The van der Waals surface area contributed by atoms with Crippen molar-refractivity contribution in [1.82, 2.24) is 25.0 Å². The molecule has 0 saturated carbocycles. The van der Waals surface area contributed by atoms with E-state index in [4.69, 9.17) is 17.3 Å². The van der Waals surface area contributed by atoms with Gasteiger partial charge in [-0.3, -0.25) is 4.79 Å². The van der Waals surface area contributed by atoms with Gasteiger partial charge >= 0.3 is 0 Å². The van der Waals surface area contributed by atoms with Crippen molar-refractivity contribution in [3.63, 3.8) is 0 Å². The van der Waals surface area contributed by atoms with Crippen molar-refractivity contribution in [2.24, 2.45) is 5.92 Å². The first-order valence-electron chi connectivity index (χ1n) is 8.90. The number of nitrogen functional groups attached to an aromatic ring is 1. The Kier molecular flexibility index (Phi) is 5.07. The first-order valence-corrected chi connectivity index (χ1v) is 9.28. The van der Waals surface area contributed by atoms with Crippen molar-refractivity contribution in [2.45, 2.75) is 12.8 Å². The SMILES string of the molecule is Nc1cccnc1N1CCC(C(=O)Nc2cnc(-n3nccn3)c(Cl)c2)CC1. The summed E-state index contributed by atoms with van der Waals surface area (Å²) in [7, 11) is 0. The third-order valence-electron chi connectivity index (χ3n) is 4.68. The lowest BCUT2D eigenvalue weighted by molar-refractivity contribution is -0.120. The Bertz CT molecular complexity index is 969. The number of nitrogens with two attached hydrogens (primary N) is 1. The largest absolute Gasteiger partial charge is 0.396 e. The zero-order valence-corrected chi connectivity index (χ0v) is 15.8. The number of halogens is 1. The minimum atomic E-state index is -0.0904. The molecule has 0 spiro atoms. The molecule has 1 aliphatic rings. The van der Waals surface area contributed by atoms with Crippen LogP contribution in [0.3, 0.4) is 0 Å². The maximum absolute atomic E-state index is 12.6. The third kappa shape index (κ3) is 3.74. The molecule has 1 saturated heterocycles. The van der Waals surface area contributed by atoms with Gasteiger partial charge in [0.15, 0.2) is 11.6 Å². The van der Waals surface area contributed by atoms with Crippen LogP contribution in [0.15, 0.2) is 43.0 Å². The Morgan fingerprint density at radius 1 is 1.14 bits per heavy atom. The zero-order chi connectivity index (χ0) is 19.5. The highest BCUT2D eigenvalue weighted by atomic mass is 35.5. The summed E-state index contributed by atoms with van der Waals surface area (Å²) in [6.07, 6.45) is 7.80. The van der Waals surface area contributed by atoms with Gasteiger partial charge in [-0.1, -0.05) is 11.6 Å². The van der Waals surface area contributed by atoms with Crippen LogP contribution in [0.4, 0.5) is 17.2 Å². The molecule has 3 aromatic heterocycles. The number of hydrogen-bond donors (Lipinski definition) is 2. The summed E-state index contributed by atoms with van der Waals surface area (Å²) >= 11 is 6.25. The van der Waals surface area contributed by atoms with Crippen molar-refractivity contribution >= 4 is 34.7 Å². The van der Waals surface area contributed by atoms with E-state index in [2.05, 4.69) is 30.4 Å². The molecule has 1 fully saturated rings. The van der Waals surface area contributed by atoms with E-state index in [9.17, 15) is 4.79 Å². The third-order valence-corrected chi connectivity index (χ3v) is 4.96. The van der Waals surface area contributed by atoms with Crippen molar-refractivity contribution in [1.29, 1.82) is 0 Å². The van der Waals surface area contributed by atoms with E-state index in [0.29, 0.717) is 22.2 Å². The predicted octanol–water partition coefficient (Wildman–Crippen LogP) is 2.15. The average molecular weight is 399 g/mol. The van der Waals surface area contributed by atoms with Crippen LogP contribution in [0, 0.1) is 5.92 Å². The standard InChI is InChI=1S/C18H19ClN8O/c19-14-10-13(11-22-16(14)27-23-6-7-24-27)25-18(28)12-3-8-26(9-4-12)17-15(20)2-1-5-21-17/h1-2,5-7,10-12H,3-4,8-9,20H2,(H,25,28). The van der Waals surface area contributed by atoms with E-state index in [-0.39, 0.29) is 11.8 Å². The van der Waals surface area contributed by atoms with Gasteiger partial charge in [0.2, 0.25) is 5.91 Å². The lowest BCUT2D eigenvalue weighted by atomic mass is 9.95. The Morgan fingerprint density at radius 2 is 1.89 bits per heavy atom. The topological polar surface area (TPSA) is 115 Å². The molecule has 3 N–H and O–H groups in total. The lowest BCUT2D eigenvalue weighted by Gasteiger charge is -2.32. The first kappa shape index (κ1) is 18.2. The number of amides is 1. The van der Waals surface area contributed by atoms with E-state index in [1.807, 2.05) is 12.1 Å². The highest BCUT2D eigenvalue weighted by Gasteiger charge is 2.26. The molecule has 3 aromatic rings. The molecule has 0 aliphatic carbocycles. The minimum absolute atomic E-state index is 0.0449. The number of carbonyl (C=O) groups excluding carboxylic acids is 1. The fourth-order valence-electron chi connectivity index (χ4n) is 3.24. The Hall–Kier alpha value is -3.20. The van der Waals surface area contributed by atoms with E-state index in [1.165, 1.54) is 4.80 Å². The van der Waals surface area contributed by atoms with Gasteiger partial charge in [0, 0.05) is 25.2 Å². The van der Waals surface area contributed by atoms with Gasteiger partial charge in [0.25, 0.3) is 0 Å². The smallest absolute Gasteiger partial charge is 0.227 e. The van der Waals surface area contributed by atoms with Crippen LogP contribution in [0.5, 0.6) is 0 Å². The van der Waals surface area contributed by atoms with Crippen molar-refractivity contribution in [2.75, 3.05) is 29.0 Å². The van der Waals surface area contributed by atoms with Crippen LogP contribution >= 0.6 is 11.6 Å². The van der Waals surface area contributed by atoms with Crippen molar-refractivity contribution in [3.8, 4) is 5.82 Å². The number of nitrogens with one attached hydrogen (secondary N) is 1. The summed E-state index contributed by atoms with van der Waals surface area (Å²) in [5.41, 5.74) is 7.19. The number of carbonyl (C=O) groups is 1. The molecule has 4 heterocycles. The van der Waals surface area contributed by atoms with E-state index in [0.717, 1.165) is 31.7 Å². The minimum Gasteiger partial charge on any atom is -0.396 e. The molecular formula is C18H19ClN8O. The summed E-state index contributed by atoms with van der Waals surface area (Å²) in [4.78, 5) is 24.7. The van der Waals surface area contributed by atoms with E-state index in [1.54, 1.807) is 30.9 Å². The number of rotatable bonds is 4. The number of aromatic nitrogens is 5. The molecule has 28 heavy (non-hydrogen) atoms. The van der Waals surface area contributed by atoms with Gasteiger partial charge in [-0.25, -0.2) is 9.97 Å². The summed E-state index contributed by atoms with van der Waals surface area (Å²) in [6, 6.07) is 5.29. The number of piperidine rings is 1. The molecule has 1 aliphatic heterocycles. The number of anilines is 3. The molecule has 10 heteroatoms. The summed E-state index contributed by atoms with van der Waals surface area (Å²) in [5.74, 6) is 1.05. The second kappa shape index (κ2) is 7.81. The van der Waals surface area contributed by atoms with Gasteiger partial charge in [0.1, 0.15) is 0 Å². The maximum Gasteiger partial charge on any atom is 0.227 e. The monoisotopic (exact) mass is 398 g/mol. The maximum atomic E-state index is 12.6. The van der Waals surface area contributed by atoms with Crippen LogP contribution in [0.25, 0.3) is 5.82 Å². The number of hydrogen-bond acceptors (Lipinski definition) is 7. The predicted molar refractivity (Wildman–Crippen MR) is 106 cm³/mol. The molecule has 9 nitrogen and oxygen atoms in total. The molecule has 144 valence electrons. The molecule has 0 unspecified atom stereocenters. The van der Waals surface area contributed by atoms with Crippen LogP contribution < -0.4 is 16.0 Å². The summed E-state index contributed by atoms with van der Waals surface area (Å²) in [6.45, 7) is 1.45. The van der Waals surface area contributed by atoms with Gasteiger partial charge in [-0.05, 0) is 31.0 Å². The fraction of sp³-hybridized carbons (Fsp3) is 0.278. The second-order valence-corrected chi connectivity index (χ2v) is 6.92. The normalized spacial score (nSPS) is 14.8. The Balaban J connectivity index is 1.37. The molecule has 0 atom stereocenters. The molecular weight excluding hydrogens is 380 g/mol. The highest BCUT2D eigenvalue weighted by Crippen LogP contribution is 2.27. The number of pyridine rings is 2. The molecule has 0 bridgehead atoms. The van der Waals surface area contributed by atoms with Crippen molar-refractivity contribution < 1.29 is 4.79 Å². The Morgan fingerprint density at radius 3 is 2.57 bits per heavy atom. The lowest BCUT2D eigenvalue weighted by Crippen LogP contribution is -2.38. The first-order chi connectivity index (χ1) is 13.6.